The van der Waals surface area contributed by atoms with Crippen LogP contribution in [0, 0.1) is 5.92 Å². The predicted molar refractivity (Wildman–Crippen MR) is 45.6 cm³/mol. The predicted octanol–water partition coefficient (Wildman–Crippen LogP) is -0.00640. The highest BCUT2D eigenvalue weighted by Gasteiger charge is 2.29. The molecule has 5 heteroatoms. The number of carboxylic acid groups (broad SMARTS) is 1. The zero-order valence-electron chi connectivity index (χ0n) is 7.64. The van der Waals surface area contributed by atoms with Crippen molar-refractivity contribution in [1.29, 1.82) is 0 Å². The van der Waals surface area contributed by atoms with Gasteiger partial charge in [-0.3, -0.25) is 0 Å². The summed E-state index contributed by atoms with van der Waals surface area (Å²) in [6.45, 7) is 1.19. The standard InChI is InChI=1S/C8H15NO4/c1-13-5-6-4-9(8(11)12)3-2-7(6)10/h6-7,10H,2-5H2,1H3,(H,11,12). The molecule has 1 fully saturated rings. The minimum Gasteiger partial charge on any atom is -0.465 e. The van der Waals surface area contributed by atoms with E-state index in [1.165, 1.54) is 4.90 Å². The second-order valence-corrected chi connectivity index (χ2v) is 3.30. The molecule has 1 aliphatic heterocycles. The maximum atomic E-state index is 10.6. The van der Waals surface area contributed by atoms with E-state index >= 15 is 0 Å². The average Bonchev–Trinajstić information content (AvgIpc) is 2.08. The van der Waals surface area contributed by atoms with Crippen LogP contribution < -0.4 is 0 Å². The molecule has 0 spiro atoms. The lowest BCUT2D eigenvalue weighted by molar-refractivity contribution is -0.00553. The van der Waals surface area contributed by atoms with E-state index < -0.39 is 12.2 Å². The van der Waals surface area contributed by atoms with Crippen LogP contribution in [0.15, 0.2) is 0 Å². The maximum absolute atomic E-state index is 10.6. The van der Waals surface area contributed by atoms with E-state index in [-0.39, 0.29) is 5.92 Å². The monoisotopic (exact) mass is 189 g/mol. The van der Waals surface area contributed by atoms with Crippen LogP contribution >= 0.6 is 0 Å². The summed E-state index contributed by atoms with van der Waals surface area (Å²) in [4.78, 5) is 11.9. The Hall–Kier alpha value is -0.810. The molecule has 1 saturated heterocycles. The normalized spacial score (nSPS) is 28.9. The van der Waals surface area contributed by atoms with Gasteiger partial charge in [-0.2, -0.15) is 0 Å². The van der Waals surface area contributed by atoms with E-state index in [1.807, 2.05) is 0 Å². The minimum absolute atomic E-state index is 0.0881. The molecule has 2 atom stereocenters. The van der Waals surface area contributed by atoms with Crippen LogP contribution in [-0.2, 0) is 4.74 Å². The van der Waals surface area contributed by atoms with Crippen LogP contribution in [0.5, 0.6) is 0 Å². The number of hydrogen-bond donors (Lipinski definition) is 2. The molecular weight excluding hydrogens is 174 g/mol. The first kappa shape index (κ1) is 10.3. The molecule has 1 rings (SSSR count). The summed E-state index contributed by atoms with van der Waals surface area (Å²) in [6.07, 6.45) is -0.857. The van der Waals surface area contributed by atoms with E-state index in [4.69, 9.17) is 9.84 Å². The Kier molecular flexibility index (Phi) is 3.50. The summed E-state index contributed by atoms with van der Waals surface area (Å²) in [5.41, 5.74) is 0. The van der Waals surface area contributed by atoms with Crippen molar-refractivity contribution >= 4 is 6.09 Å². The van der Waals surface area contributed by atoms with Crippen LogP contribution in [-0.4, -0.2) is 54.1 Å². The van der Waals surface area contributed by atoms with E-state index in [2.05, 4.69) is 0 Å². The third-order valence-corrected chi connectivity index (χ3v) is 2.35. The van der Waals surface area contributed by atoms with Gasteiger partial charge in [-0.05, 0) is 6.42 Å². The third-order valence-electron chi connectivity index (χ3n) is 2.35. The summed E-state index contributed by atoms with van der Waals surface area (Å²) in [7, 11) is 1.55. The van der Waals surface area contributed by atoms with Crippen molar-refractivity contribution in [2.24, 2.45) is 5.92 Å². The number of methoxy groups -OCH3 is 1. The number of amides is 1. The Morgan fingerprint density at radius 1 is 1.69 bits per heavy atom. The van der Waals surface area contributed by atoms with Gasteiger partial charge in [0.1, 0.15) is 0 Å². The molecule has 0 aromatic heterocycles. The molecule has 2 N–H and O–H groups in total. The largest absolute Gasteiger partial charge is 0.465 e. The topological polar surface area (TPSA) is 70.0 Å². The molecule has 1 aliphatic rings. The summed E-state index contributed by atoms with van der Waals surface area (Å²) in [6, 6.07) is 0. The zero-order chi connectivity index (χ0) is 9.84. The van der Waals surface area contributed by atoms with E-state index in [9.17, 15) is 9.90 Å². The molecule has 2 unspecified atom stereocenters. The van der Waals surface area contributed by atoms with Crippen LogP contribution in [0.3, 0.4) is 0 Å². The highest BCUT2D eigenvalue weighted by molar-refractivity contribution is 5.65. The molecular formula is C8H15NO4. The van der Waals surface area contributed by atoms with E-state index in [1.54, 1.807) is 7.11 Å². The van der Waals surface area contributed by atoms with Gasteiger partial charge < -0.3 is 19.8 Å². The zero-order valence-corrected chi connectivity index (χ0v) is 7.64. The number of carbonyl (C=O) groups is 1. The lowest BCUT2D eigenvalue weighted by atomic mass is 9.96. The van der Waals surface area contributed by atoms with Crippen molar-refractivity contribution in [2.45, 2.75) is 12.5 Å². The number of ether oxygens (including phenoxy) is 1. The Bertz CT molecular complexity index is 185. The van der Waals surface area contributed by atoms with Crippen molar-refractivity contribution < 1.29 is 19.7 Å². The van der Waals surface area contributed by atoms with Crippen molar-refractivity contribution in [3.8, 4) is 0 Å². The number of likely N-dealkylation sites (tertiary alicyclic amines) is 1. The fourth-order valence-corrected chi connectivity index (χ4v) is 1.57. The van der Waals surface area contributed by atoms with Crippen LogP contribution in [0.2, 0.25) is 0 Å². The molecule has 0 bridgehead atoms. The molecule has 0 aromatic carbocycles. The first-order chi connectivity index (χ1) is 6.15. The lowest BCUT2D eigenvalue weighted by Gasteiger charge is -2.34. The van der Waals surface area contributed by atoms with Crippen molar-refractivity contribution in [1.82, 2.24) is 4.90 Å². The smallest absolute Gasteiger partial charge is 0.407 e. The second kappa shape index (κ2) is 4.43. The van der Waals surface area contributed by atoms with Gasteiger partial charge in [0.15, 0.2) is 0 Å². The number of aliphatic hydroxyl groups is 1. The van der Waals surface area contributed by atoms with Crippen LogP contribution in [0.25, 0.3) is 0 Å². The van der Waals surface area contributed by atoms with Gasteiger partial charge in [-0.1, -0.05) is 0 Å². The first-order valence-electron chi connectivity index (χ1n) is 4.30. The summed E-state index contributed by atoms with van der Waals surface area (Å²) < 4.78 is 4.90. The Morgan fingerprint density at radius 3 is 2.92 bits per heavy atom. The average molecular weight is 189 g/mol. The van der Waals surface area contributed by atoms with Crippen LogP contribution in [0.1, 0.15) is 6.42 Å². The molecule has 76 valence electrons. The van der Waals surface area contributed by atoms with Gasteiger partial charge in [-0.15, -0.1) is 0 Å². The Labute approximate surface area is 76.9 Å². The third kappa shape index (κ3) is 2.57. The highest BCUT2D eigenvalue weighted by Crippen LogP contribution is 2.17. The molecule has 1 heterocycles. The van der Waals surface area contributed by atoms with E-state index in [0.29, 0.717) is 26.1 Å². The Morgan fingerprint density at radius 2 is 2.38 bits per heavy atom. The molecule has 0 aromatic rings. The second-order valence-electron chi connectivity index (χ2n) is 3.30. The maximum Gasteiger partial charge on any atom is 0.407 e. The van der Waals surface area contributed by atoms with Gasteiger partial charge in [0.25, 0.3) is 0 Å². The molecule has 0 saturated carbocycles. The SMILES string of the molecule is COCC1CN(C(=O)O)CCC1O. The van der Waals surface area contributed by atoms with Gasteiger partial charge in [-0.25, -0.2) is 4.79 Å². The van der Waals surface area contributed by atoms with Crippen molar-refractivity contribution in [3.63, 3.8) is 0 Å². The van der Waals surface area contributed by atoms with Gasteiger partial charge in [0, 0.05) is 26.1 Å². The summed E-state index contributed by atoms with van der Waals surface area (Å²) in [5, 5.41) is 18.2. The fourth-order valence-electron chi connectivity index (χ4n) is 1.57. The van der Waals surface area contributed by atoms with Gasteiger partial charge >= 0.3 is 6.09 Å². The first-order valence-corrected chi connectivity index (χ1v) is 4.30. The molecule has 0 aliphatic carbocycles. The van der Waals surface area contributed by atoms with Crippen molar-refractivity contribution in [3.05, 3.63) is 0 Å². The Balaban J connectivity index is 2.47. The van der Waals surface area contributed by atoms with Gasteiger partial charge in [0.05, 0.1) is 12.7 Å². The summed E-state index contributed by atoms with van der Waals surface area (Å²) in [5.74, 6) is -0.0881. The number of rotatable bonds is 2. The number of piperidine rings is 1. The molecule has 5 nitrogen and oxygen atoms in total. The minimum atomic E-state index is -0.923. The number of aliphatic hydroxyl groups excluding tert-OH is 1. The highest BCUT2D eigenvalue weighted by atomic mass is 16.5. The fraction of sp³-hybridized carbons (Fsp3) is 0.875. The van der Waals surface area contributed by atoms with Crippen LogP contribution in [0.4, 0.5) is 4.79 Å². The quantitative estimate of drug-likeness (QED) is 0.641. The van der Waals surface area contributed by atoms with Gasteiger partial charge in [0.2, 0.25) is 0 Å². The molecule has 1 amide bonds. The lowest BCUT2D eigenvalue weighted by Crippen LogP contribution is -2.46. The van der Waals surface area contributed by atoms with E-state index in [0.717, 1.165) is 0 Å². The number of nitrogens with zero attached hydrogens (tertiary/aromatic N) is 1. The molecule has 13 heavy (non-hydrogen) atoms. The van der Waals surface area contributed by atoms with Crippen molar-refractivity contribution in [2.75, 3.05) is 26.8 Å². The molecule has 0 radical (unpaired) electrons. The summed E-state index contributed by atoms with van der Waals surface area (Å²) >= 11 is 0. The number of hydrogen-bond acceptors (Lipinski definition) is 3.